The molecular weight excluding hydrogens is 182 g/mol. The number of nitrogens with zero attached hydrogens (tertiary/aromatic N) is 1. The van der Waals surface area contributed by atoms with Gasteiger partial charge in [0.2, 0.25) is 5.91 Å². The van der Waals surface area contributed by atoms with Crippen molar-refractivity contribution in [3.63, 3.8) is 0 Å². The summed E-state index contributed by atoms with van der Waals surface area (Å²) in [5.41, 5.74) is 0. The lowest BCUT2D eigenvalue weighted by atomic mass is 10.1. The molecule has 0 bridgehead atoms. The van der Waals surface area contributed by atoms with Crippen LogP contribution in [0.4, 0.5) is 0 Å². The number of carbonyl (C=O) groups is 1. The van der Waals surface area contributed by atoms with Gasteiger partial charge in [0, 0.05) is 13.2 Å². The van der Waals surface area contributed by atoms with E-state index >= 15 is 0 Å². The fourth-order valence-electron chi connectivity index (χ4n) is 2.28. The summed E-state index contributed by atoms with van der Waals surface area (Å²) < 4.78 is 5.20. The number of ether oxygens (including phenoxy) is 1. The van der Waals surface area contributed by atoms with Gasteiger partial charge in [-0.2, -0.15) is 0 Å². The molecule has 4 heteroatoms. The predicted molar refractivity (Wildman–Crippen MR) is 50.7 cm³/mol. The Morgan fingerprint density at radius 2 is 2.36 bits per heavy atom. The van der Waals surface area contributed by atoms with E-state index in [0.717, 1.165) is 25.8 Å². The molecule has 14 heavy (non-hydrogen) atoms. The van der Waals surface area contributed by atoms with E-state index in [1.54, 1.807) is 0 Å². The zero-order chi connectivity index (χ0) is 9.97. The Labute approximate surface area is 83.8 Å². The first kappa shape index (κ1) is 9.93. The van der Waals surface area contributed by atoms with Gasteiger partial charge < -0.3 is 14.7 Å². The van der Waals surface area contributed by atoms with Crippen LogP contribution in [0, 0.1) is 5.92 Å². The van der Waals surface area contributed by atoms with Crippen LogP contribution in [0.3, 0.4) is 0 Å². The van der Waals surface area contributed by atoms with Crippen molar-refractivity contribution < 1.29 is 14.6 Å². The second-order valence-corrected chi connectivity index (χ2v) is 4.07. The van der Waals surface area contributed by atoms with Crippen molar-refractivity contribution in [2.45, 2.75) is 25.3 Å². The highest BCUT2D eigenvalue weighted by atomic mass is 16.5. The summed E-state index contributed by atoms with van der Waals surface area (Å²) in [5.74, 6) is 0.223. The minimum absolute atomic E-state index is 0.0437. The molecule has 0 spiro atoms. The van der Waals surface area contributed by atoms with Crippen LogP contribution in [-0.2, 0) is 9.53 Å². The van der Waals surface area contributed by atoms with Crippen molar-refractivity contribution in [1.29, 1.82) is 0 Å². The molecule has 2 aliphatic rings. The maximum absolute atomic E-state index is 12.0. The molecule has 1 amide bonds. The van der Waals surface area contributed by atoms with Gasteiger partial charge in [0.15, 0.2) is 0 Å². The molecule has 2 saturated heterocycles. The van der Waals surface area contributed by atoms with Crippen molar-refractivity contribution in [1.82, 2.24) is 4.90 Å². The first-order valence-corrected chi connectivity index (χ1v) is 5.32. The Balaban J connectivity index is 1.95. The molecule has 2 aliphatic heterocycles. The quantitative estimate of drug-likeness (QED) is 0.681. The lowest BCUT2D eigenvalue weighted by Crippen LogP contribution is -2.41. The van der Waals surface area contributed by atoms with E-state index in [9.17, 15) is 4.79 Å². The highest BCUT2D eigenvalue weighted by molar-refractivity contribution is 5.79. The molecule has 1 N–H and O–H groups in total. The molecule has 2 unspecified atom stereocenters. The zero-order valence-electron chi connectivity index (χ0n) is 8.32. The van der Waals surface area contributed by atoms with Crippen LogP contribution in [0.1, 0.15) is 19.3 Å². The van der Waals surface area contributed by atoms with Crippen molar-refractivity contribution in [2.75, 3.05) is 26.4 Å². The zero-order valence-corrected chi connectivity index (χ0v) is 8.32. The summed E-state index contributed by atoms with van der Waals surface area (Å²) in [6.07, 6.45) is 2.80. The normalized spacial score (nSPS) is 32.5. The van der Waals surface area contributed by atoms with E-state index in [0.29, 0.717) is 13.2 Å². The lowest BCUT2D eigenvalue weighted by molar-refractivity contribution is -0.137. The molecule has 0 aromatic carbocycles. The Hall–Kier alpha value is -0.610. The van der Waals surface area contributed by atoms with Crippen molar-refractivity contribution in [3.8, 4) is 0 Å². The summed E-state index contributed by atoms with van der Waals surface area (Å²) in [6, 6.07) is 0.0584. The van der Waals surface area contributed by atoms with E-state index in [1.807, 2.05) is 4.90 Å². The smallest absolute Gasteiger partial charge is 0.228 e. The summed E-state index contributed by atoms with van der Waals surface area (Å²) >= 11 is 0. The molecule has 0 radical (unpaired) electrons. The standard InChI is InChI=1S/C10H17NO3/c12-6-9-2-1-4-11(9)10(13)8-3-5-14-7-8/h8-9,12H,1-7H2. The first-order valence-electron chi connectivity index (χ1n) is 5.32. The van der Waals surface area contributed by atoms with Crippen molar-refractivity contribution in [2.24, 2.45) is 5.92 Å². The van der Waals surface area contributed by atoms with Gasteiger partial charge in [-0.15, -0.1) is 0 Å². The molecule has 2 fully saturated rings. The molecule has 4 nitrogen and oxygen atoms in total. The topological polar surface area (TPSA) is 49.8 Å². The predicted octanol–water partition coefficient (Wildman–Crippen LogP) is 0.00620. The number of hydrogen-bond donors (Lipinski definition) is 1. The third-order valence-corrected chi connectivity index (χ3v) is 3.15. The van der Waals surface area contributed by atoms with Crippen LogP contribution in [0.2, 0.25) is 0 Å². The van der Waals surface area contributed by atoms with Gasteiger partial charge in [-0.05, 0) is 19.3 Å². The third-order valence-electron chi connectivity index (χ3n) is 3.15. The highest BCUT2D eigenvalue weighted by Crippen LogP contribution is 2.22. The fraction of sp³-hybridized carbons (Fsp3) is 0.900. The van der Waals surface area contributed by atoms with E-state index in [-0.39, 0.29) is 24.5 Å². The number of hydrogen-bond acceptors (Lipinski definition) is 3. The van der Waals surface area contributed by atoms with Crippen molar-refractivity contribution in [3.05, 3.63) is 0 Å². The van der Waals surface area contributed by atoms with Crippen LogP contribution < -0.4 is 0 Å². The summed E-state index contributed by atoms with van der Waals surface area (Å²) in [6.45, 7) is 2.17. The van der Waals surface area contributed by atoms with Crippen LogP contribution in [0.5, 0.6) is 0 Å². The average molecular weight is 199 g/mol. The van der Waals surface area contributed by atoms with E-state index < -0.39 is 0 Å². The van der Waals surface area contributed by atoms with Gasteiger partial charge >= 0.3 is 0 Å². The van der Waals surface area contributed by atoms with Crippen LogP contribution in [0.25, 0.3) is 0 Å². The Morgan fingerprint density at radius 3 is 3.00 bits per heavy atom. The molecule has 80 valence electrons. The highest BCUT2D eigenvalue weighted by Gasteiger charge is 2.34. The molecule has 2 rings (SSSR count). The van der Waals surface area contributed by atoms with Gasteiger partial charge in [-0.1, -0.05) is 0 Å². The van der Waals surface area contributed by atoms with Gasteiger partial charge in [-0.25, -0.2) is 0 Å². The minimum atomic E-state index is 0.0437. The largest absolute Gasteiger partial charge is 0.394 e. The maximum Gasteiger partial charge on any atom is 0.228 e. The summed E-state index contributed by atoms with van der Waals surface area (Å²) in [4.78, 5) is 13.8. The van der Waals surface area contributed by atoms with Crippen LogP contribution >= 0.6 is 0 Å². The van der Waals surface area contributed by atoms with Gasteiger partial charge in [0.05, 0.1) is 25.2 Å². The van der Waals surface area contributed by atoms with E-state index in [1.165, 1.54) is 0 Å². The first-order chi connectivity index (χ1) is 6.83. The molecular formula is C10H17NO3. The van der Waals surface area contributed by atoms with E-state index in [2.05, 4.69) is 0 Å². The number of likely N-dealkylation sites (tertiary alicyclic amines) is 1. The van der Waals surface area contributed by atoms with Gasteiger partial charge in [0.1, 0.15) is 0 Å². The SMILES string of the molecule is O=C(C1CCOC1)N1CCCC1CO. The fourth-order valence-corrected chi connectivity index (χ4v) is 2.28. The summed E-state index contributed by atoms with van der Waals surface area (Å²) in [5, 5.41) is 9.10. The lowest BCUT2D eigenvalue weighted by Gasteiger charge is -2.25. The molecule has 2 heterocycles. The van der Waals surface area contributed by atoms with E-state index in [4.69, 9.17) is 9.84 Å². The monoisotopic (exact) mass is 199 g/mol. The minimum Gasteiger partial charge on any atom is -0.394 e. The molecule has 0 aliphatic carbocycles. The second-order valence-electron chi connectivity index (χ2n) is 4.07. The van der Waals surface area contributed by atoms with Crippen molar-refractivity contribution >= 4 is 5.91 Å². The number of aliphatic hydroxyl groups is 1. The molecule has 0 aromatic rings. The van der Waals surface area contributed by atoms with Crippen LogP contribution in [-0.4, -0.2) is 48.3 Å². The van der Waals surface area contributed by atoms with Crippen LogP contribution in [0.15, 0.2) is 0 Å². The Kier molecular flexibility index (Phi) is 3.03. The number of carbonyl (C=O) groups excluding carboxylic acids is 1. The average Bonchev–Trinajstić information content (AvgIpc) is 2.87. The molecule has 2 atom stereocenters. The summed E-state index contributed by atoms with van der Waals surface area (Å²) in [7, 11) is 0. The number of rotatable bonds is 2. The number of amides is 1. The van der Waals surface area contributed by atoms with Gasteiger partial charge in [0.25, 0.3) is 0 Å². The third kappa shape index (κ3) is 1.77. The maximum atomic E-state index is 12.0. The van der Waals surface area contributed by atoms with Gasteiger partial charge in [-0.3, -0.25) is 4.79 Å². The molecule has 0 aromatic heterocycles. The Bertz CT molecular complexity index is 213. The number of aliphatic hydroxyl groups excluding tert-OH is 1. The molecule has 0 saturated carbocycles. The Morgan fingerprint density at radius 1 is 1.50 bits per heavy atom. The second kappa shape index (κ2) is 4.28.